The molecule has 0 aliphatic rings. The average Bonchev–Trinajstić information content (AvgIpc) is 2.53. The minimum Gasteiger partial charge on any atom is -0.367 e. The van der Waals surface area contributed by atoms with Crippen LogP contribution in [0.5, 0.6) is 0 Å². The van der Waals surface area contributed by atoms with Gasteiger partial charge < -0.3 is 5.32 Å². The Morgan fingerprint density at radius 1 is 1.14 bits per heavy atom. The molecule has 1 aromatic heterocycles. The van der Waals surface area contributed by atoms with Crippen LogP contribution in [0.15, 0.2) is 61.3 Å². The van der Waals surface area contributed by atoms with E-state index in [1.165, 1.54) is 6.20 Å². The Morgan fingerprint density at radius 2 is 1.91 bits per heavy atom. The molecule has 0 saturated carbocycles. The lowest BCUT2D eigenvalue weighted by Gasteiger charge is -2.09. The smallest absolute Gasteiger partial charge is 0.233 e. The Balaban J connectivity index is 1.92. The number of nitrogens with one attached hydrogen (secondary N) is 2. The number of pyridine rings is 1. The maximum absolute atomic E-state index is 12.1. The Hall–Kier alpha value is -2.34. The van der Waals surface area contributed by atoms with E-state index in [0.29, 0.717) is 24.5 Å². The number of hydrogen-bond acceptors (Lipinski definition) is 4. The van der Waals surface area contributed by atoms with Crippen LogP contribution >= 0.6 is 0 Å². The summed E-state index contributed by atoms with van der Waals surface area (Å²) in [7, 11) is -3.39. The molecule has 0 bridgehead atoms. The molecule has 116 valence electrons. The molecule has 1 aromatic carbocycles. The van der Waals surface area contributed by atoms with E-state index in [1.807, 2.05) is 30.3 Å². The van der Waals surface area contributed by atoms with Gasteiger partial charge in [-0.15, -0.1) is 6.58 Å². The van der Waals surface area contributed by atoms with Gasteiger partial charge >= 0.3 is 0 Å². The van der Waals surface area contributed by atoms with Gasteiger partial charge in [0.25, 0.3) is 0 Å². The Kier molecular flexibility index (Phi) is 5.55. The van der Waals surface area contributed by atoms with E-state index in [9.17, 15) is 8.42 Å². The topological polar surface area (TPSA) is 71.1 Å². The zero-order chi connectivity index (χ0) is 15.8. The standard InChI is InChI=1S/C16H19N3O2S/c1-2-11-17-16-9-8-15(13-18-16)19-22(20,21)12-10-14-6-4-3-5-7-14/h2-9,13,19H,1,10-12H2,(H,17,18). The number of sulfonamides is 1. The summed E-state index contributed by atoms with van der Waals surface area (Å²) in [4.78, 5) is 4.13. The van der Waals surface area contributed by atoms with Gasteiger partial charge in [0.05, 0.1) is 17.6 Å². The number of rotatable bonds is 8. The van der Waals surface area contributed by atoms with Crippen molar-refractivity contribution < 1.29 is 8.42 Å². The van der Waals surface area contributed by atoms with Crippen LogP contribution < -0.4 is 10.0 Å². The molecule has 5 nitrogen and oxygen atoms in total. The van der Waals surface area contributed by atoms with Gasteiger partial charge in [-0.05, 0) is 24.1 Å². The highest BCUT2D eigenvalue weighted by molar-refractivity contribution is 7.92. The first kappa shape index (κ1) is 16.0. The maximum Gasteiger partial charge on any atom is 0.233 e. The lowest BCUT2D eigenvalue weighted by molar-refractivity contribution is 0.600. The average molecular weight is 317 g/mol. The molecule has 0 radical (unpaired) electrons. The summed E-state index contributed by atoms with van der Waals surface area (Å²) in [5, 5.41) is 3.02. The lowest BCUT2D eigenvalue weighted by atomic mass is 10.2. The molecule has 2 rings (SSSR count). The highest BCUT2D eigenvalue weighted by atomic mass is 32.2. The van der Waals surface area contributed by atoms with E-state index in [2.05, 4.69) is 21.6 Å². The Bertz CT molecular complexity index is 698. The molecule has 0 spiro atoms. The van der Waals surface area contributed by atoms with E-state index in [0.717, 1.165) is 5.56 Å². The van der Waals surface area contributed by atoms with E-state index in [1.54, 1.807) is 18.2 Å². The van der Waals surface area contributed by atoms with Crippen LogP contribution in [0.2, 0.25) is 0 Å². The molecule has 0 unspecified atom stereocenters. The molecule has 0 atom stereocenters. The van der Waals surface area contributed by atoms with Gasteiger partial charge in [-0.25, -0.2) is 13.4 Å². The normalized spacial score (nSPS) is 10.9. The summed E-state index contributed by atoms with van der Waals surface area (Å²) >= 11 is 0. The fourth-order valence-corrected chi connectivity index (χ4v) is 2.95. The van der Waals surface area contributed by atoms with Crippen molar-refractivity contribution in [3.8, 4) is 0 Å². The summed E-state index contributed by atoms with van der Waals surface area (Å²) in [5.41, 5.74) is 1.45. The van der Waals surface area contributed by atoms with Crippen molar-refractivity contribution in [1.82, 2.24) is 4.98 Å². The van der Waals surface area contributed by atoms with Gasteiger partial charge in [0.15, 0.2) is 0 Å². The number of aromatic nitrogens is 1. The molecule has 0 fully saturated rings. The van der Waals surface area contributed by atoms with Crippen molar-refractivity contribution in [2.45, 2.75) is 6.42 Å². The van der Waals surface area contributed by atoms with Gasteiger partial charge in [0, 0.05) is 6.54 Å². The van der Waals surface area contributed by atoms with E-state index < -0.39 is 10.0 Å². The minimum atomic E-state index is -3.39. The third-order valence-electron chi connectivity index (χ3n) is 2.97. The molecular weight excluding hydrogens is 298 g/mol. The SMILES string of the molecule is C=CCNc1ccc(NS(=O)(=O)CCc2ccccc2)cn1. The van der Waals surface area contributed by atoms with E-state index >= 15 is 0 Å². The molecule has 2 N–H and O–H groups in total. The molecule has 0 aliphatic heterocycles. The van der Waals surface area contributed by atoms with E-state index in [-0.39, 0.29) is 5.75 Å². The maximum atomic E-state index is 12.1. The molecule has 0 saturated heterocycles. The second-order valence-corrected chi connectivity index (χ2v) is 6.60. The summed E-state index contributed by atoms with van der Waals surface area (Å²) in [6, 6.07) is 12.9. The molecule has 2 aromatic rings. The first-order valence-corrected chi connectivity index (χ1v) is 8.59. The fourth-order valence-electron chi connectivity index (χ4n) is 1.86. The Labute approximate surface area is 131 Å². The van der Waals surface area contributed by atoms with Crippen molar-refractivity contribution in [2.24, 2.45) is 0 Å². The molecular formula is C16H19N3O2S. The number of aryl methyl sites for hydroxylation is 1. The number of nitrogens with zero attached hydrogens (tertiary/aromatic N) is 1. The lowest BCUT2D eigenvalue weighted by Crippen LogP contribution is -2.18. The summed E-state index contributed by atoms with van der Waals surface area (Å²) < 4.78 is 26.7. The monoisotopic (exact) mass is 317 g/mol. The van der Waals surface area contributed by atoms with Crippen LogP contribution in [0.3, 0.4) is 0 Å². The van der Waals surface area contributed by atoms with Crippen molar-refractivity contribution in [2.75, 3.05) is 22.3 Å². The number of benzene rings is 1. The fraction of sp³-hybridized carbons (Fsp3) is 0.188. The first-order chi connectivity index (χ1) is 10.6. The summed E-state index contributed by atoms with van der Waals surface area (Å²) in [6.45, 7) is 4.21. The highest BCUT2D eigenvalue weighted by Crippen LogP contribution is 2.12. The molecule has 0 aliphatic carbocycles. The molecule has 6 heteroatoms. The predicted octanol–water partition coefficient (Wildman–Crippen LogP) is 2.66. The van der Waals surface area contributed by atoms with Crippen molar-refractivity contribution >= 4 is 21.5 Å². The minimum absolute atomic E-state index is 0.0352. The van der Waals surface area contributed by atoms with Gasteiger partial charge in [-0.2, -0.15) is 0 Å². The molecule has 1 heterocycles. The predicted molar refractivity (Wildman–Crippen MR) is 90.5 cm³/mol. The zero-order valence-corrected chi connectivity index (χ0v) is 13.0. The molecule has 22 heavy (non-hydrogen) atoms. The number of anilines is 2. The van der Waals surface area contributed by atoms with Gasteiger partial charge in [-0.1, -0.05) is 36.4 Å². The van der Waals surface area contributed by atoms with Crippen molar-refractivity contribution in [1.29, 1.82) is 0 Å². The molecule has 0 amide bonds. The van der Waals surface area contributed by atoms with Gasteiger partial charge in [0.1, 0.15) is 5.82 Å². The largest absolute Gasteiger partial charge is 0.367 e. The highest BCUT2D eigenvalue weighted by Gasteiger charge is 2.10. The zero-order valence-electron chi connectivity index (χ0n) is 12.2. The number of hydrogen-bond donors (Lipinski definition) is 2. The Morgan fingerprint density at radius 3 is 2.55 bits per heavy atom. The third-order valence-corrected chi connectivity index (χ3v) is 4.25. The summed E-state index contributed by atoms with van der Waals surface area (Å²) in [5.74, 6) is 0.708. The van der Waals surface area contributed by atoms with E-state index in [4.69, 9.17) is 0 Å². The summed E-state index contributed by atoms with van der Waals surface area (Å²) in [6.07, 6.45) is 3.69. The van der Waals surface area contributed by atoms with Crippen molar-refractivity contribution in [3.63, 3.8) is 0 Å². The van der Waals surface area contributed by atoms with Crippen LogP contribution in [0.25, 0.3) is 0 Å². The quantitative estimate of drug-likeness (QED) is 0.734. The van der Waals surface area contributed by atoms with Crippen LogP contribution in [-0.2, 0) is 16.4 Å². The van der Waals surface area contributed by atoms with Crippen molar-refractivity contribution in [3.05, 3.63) is 66.9 Å². The third kappa shape index (κ3) is 5.21. The van der Waals surface area contributed by atoms with Crippen LogP contribution in [-0.4, -0.2) is 25.7 Å². The second kappa shape index (κ2) is 7.61. The van der Waals surface area contributed by atoms with Crippen LogP contribution in [0.1, 0.15) is 5.56 Å². The van der Waals surface area contributed by atoms with Crippen LogP contribution in [0, 0.1) is 0 Å². The first-order valence-electron chi connectivity index (χ1n) is 6.94. The van der Waals surface area contributed by atoms with Crippen LogP contribution in [0.4, 0.5) is 11.5 Å². The van der Waals surface area contributed by atoms with Gasteiger partial charge in [-0.3, -0.25) is 4.72 Å². The van der Waals surface area contributed by atoms with Gasteiger partial charge in [0.2, 0.25) is 10.0 Å². The second-order valence-electron chi connectivity index (χ2n) is 4.76.